The van der Waals surface area contributed by atoms with Gasteiger partial charge in [-0.15, -0.1) is 0 Å². The molecular weight excluding hydrogens is 252 g/mol. The quantitative estimate of drug-likeness (QED) is 0.833. The first-order valence-electron chi connectivity index (χ1n) is 7.64. The van der Waals surface area contributed by atoms with E-state index in [0.29, 0.717) is 18.4 Å². The van der Waals surface area contributed by atoms with Gasteiger partial charge in [0.2, 0.25) is 5.88 Å². The largest absolute Gasteiger partial charge is 0.475 e. The first-order valence-corrected chi connectivity index (χ1v) is 7.64. The van der Waals surface area contributed by atoms with E-state index in [1.165, 1.54) is 18.4 Å². The van der Waals surface area contributed by atoms with Gasteiger partial charge in [-0.25, -0.2) is 4.98 Å². The molecule has 0 saturated carbocycles. The molecule has 112 valence electrons. The Morgan fingerprint density at radius 2 is 2.35 bits per heavy atom. The smallest absolute Gasteiger partial charge is 0.213 e. The molecule has 1 aromatic rings. The number of hydrogen-bond donors (Lipinski definition) is 1. The maximum atomic E-state index is 5.75. The van der Waals surface area contributed by atoms with Crippen molar-refractivity contribution in [2.75, 3.05) is 19.8 Å². The molecule has 20 heavy (non-hydrogen) atoms. The van der Waals surface area contributed by atoms with Crippen molar-refractivity contribution in [3.8, 4) is 5.88 Å². The predicted molar refractivity (Wildman–Crippen MR) is 79.9 cm³/mol. The van der Waals surface area contributed by atoms with Crippen LogP contribution >= 0.6 is 0 Å². The van der Waals surface area contributed by atoms with Crippen LogP contribution in [0.2, 0.25) is 0 Å². The van der Waals surface area contributed by atoms with Gasteiger partial charge in [-0.2, -0.15) is 0 Å². The minimum Gasteiger partial charge on any atom is -0.475 e. The second kappa shape index (κ2) is 8.22. The van der Waals surface area contributed by atoms with Crippen LogP contribution in [-0.4, -0.2) is 30.8 Å². The molecule has 1 aliphatic rings. The van der Waals surface area contributed by atoms with Crippen LogP contribution in [-0.2, 0) is 11.3 Å². The van der Waals surface area contributed by atoms with Crippen LogP contribution in [0.25, 0.3) is 0 Å². The molecule has 1 atom stereocenters. The summed E-state index contributed by atoms with van der Waals surface area (Å²) < 4.78 is 11.4. The van der Waals surface area contributed by atoms with E-state index in [9.17, 15) is 0 Å². The summed E-state index contributed by atoms with van der Waals surface area (Å²) in [4.78, 5) is 4.26. The Labute approximate surface area is 121 Å². The fourth-order valence-corrected chi connectivity index (χ4v) is 2.26. The zero-order valence-electron chi connectivity index (χ0n) is 12.6. The fraction of sp³-hybridized carbons (Fsp3) is 0.688. The lowest BCUT2D eigenvalue weighted by molar-refractivity contribution is -0.0119. The second-order valence-corrected chi connectivity index (χ2v) is 5.83. The topological polar surface area (TPSA) is 43.4 Å². The van der Waals surface area contributed by atoms with Crippen LogP contribution in [0.3, 0.4) is 0 Å². The van der Waals surface area contributed by atoms with Crippen LogP contribution in [0, 0.1) is 5.92 Å². The number of nitrogens with one attached hydrogen (secondary N) is 1. The molecule has 1 aromatic heterocycles. The molecule has 2 heterocycles. The monoisotopic (exact) mass is 278 g/mol. The Bertz CT molecular complexity index is 390. The molecule has 4 heteroatoms. The summed E-state index contributed by atoms with van der Waals surface area (Å²) in [6.07, 6.45) is 5.54. The number of aromatic nitrogens is 1. The van der Waals surface area contributed by atoms with Crippen molar-refractivity contribution in [3.05, 3.63) is 23.9 Å². The average Bonchev–Trinajstić information content (AvgIpc) is 2.46. The van der Waals surface area contributed by atoms with Crippen molar-refractivity contribution in [2.24, 2.45) is 5.92 Å². The summed E-state index contributed by atoms with van der Waals surface area (Å²) >= 11 is 0. The Morgan fingerprint density at radius 1 is 1.45 bits per heavy atom. The minimum atomic E-state index is 0.230. The van der Waals surface area contributed by atoms with E-state index in [-0.39, 0.29) is 6.10 Å². The van der Waals surface area contributed by atoms with Gasteiger partial charge in [0.15, 0.2) is 0 Å². The van der Waals surface area contributed by atoms with E-state index in [0.717, 1.165) is 26.1 Å². The summed E-state index contributed by atoms with van der Waals surface area (Å²) in [5.74, 6) is 1.36. The number of rotatable bonds is 7. The summed E-state index contributed by atoms with van der Waals surface area (Å²) in [5, 5.41) is 3.43. The minimum absolute atomic E-state index is 0.230. The van der Waals surface area contributed by atoms with E-state index in [1.54, 1.807) is 0 Å². The highest BCUT2D eigenvalue weighted by Crippen LogP contribution is 2.15. The third kappa shape index (κ3) is 5.47. The molecule has 0 aliphatic carbocycles. The van der Waals surface area contributed by atoms with Gasteiger partial charge in [0.25, 0.3) is 0 Å². The van der Waals surface area contributed by atoms with Gasteiger partial charge in [0.1, 0.15) is 6.61 Å². The van der Waals surface area contributed by atoms with E-state index in [4.69, 9.17) is 9.47 Å². The normalized spacial score (nSPS) is 19.2. The molecule has 0 amide bonds. The number of ether oxygens (including phenoxy) is 2. The van der Waals surface area contributed by atoms with Crippen molar-refractivity contribution in [1.82, 2.24) is 10.3 Å². The molecule has 0 bridgehead atoms. The maximum absolute atomic E-state index is 5.75. The zero-order valence-corrected chi connectivity index (χ0v) is 12.6. The lowest BCUT2D eigenvalue weighted by atomic mass is 10.1. The SMILES string of the molecule is CC(C)CNCc1ccnc(OCC2CCCCO2)c1. The highest BCUT2D eigenvalue weighted by Gasteiger charge is 2.14. The van der Waals surface area contributed by atoms with Crippen LogP contribution < -0.4 is 10.1 Å². The summed E-state index contributed by atoms with van der Waals surface area (Å²) in [7, 11) is 0. The molecule has 0 radical (unpaired) electrons. The van der Waals surface area contributed by atoms with Gasteiger partial charge in [0.05, 0.1) is 6.10 Å². The summed E-state index contributed by atoms with van der Waals surface area (Å²) in [6, 6.07) is 4.04. The Hall–Kier alpha value is -1.13. The highest BCUT2D eigenvalue weighted by atomic mass is 16.5. The number of pyridine rings is 1. The second-order valence-electron chi connectivity index (χ2n) is 5.83. The van der Waals surface area contributed by atoms with Gasteiger partial charge >= 0.3 is 0 Å². The van der Waals surface area contributed by atoms with Gasteiger partial charge in [-0.1, -0.05) is 13.8 Å². The van der Waals surface area contributed by atoms with Crippen LogP contribution in [0.1, 0.15) is 38.7 Å². The average molecular weight is 278 g/mol. The zero-order chi connectivity index (χ0) is 14.2. The third-order valence-corrected chi connectivity index (χ3v) is 3.37. The lowest BCUT2D eigenvalue weighted by Crippen LogP contribution is -2.26. The lowest BCUT2D eigenvalue weighted by Gasteiger charge is -2.22. The molecular formula is C16H26N2O2. The van der Waals surface area contributed by atoms with E-state index >= 15 is 0 Å². The summed E-state index contributed by atoms with van der Waals surface area (Å²) in [6.45, 7) is 7.76. The standard InChI is InChI=1S/C16H26N2O2/c1-13(2)10-17-11-14-6-7-18-16(9-14)20-12-15-5-3-4-8-19-15/h6-7,9,13,15,17H,3-5,8,10-12H2,1-2H3. The molecule has 1 unspecified atom stereocenters. The van der Waals surface area contributed by atoms with Gasteiger partial charge < -0.3 is 14.8 Å². The highest BCUT2D eigenvalue weighted by molar-refractivity contribution is 5.20. The van der Waals surface area contributed by atoms with Crippen molar-refractivity contribution in [2.45, 2.75) is 45.8 Å². The van der Waals surface area contributed by atoms with Crippen molar-refractivity contribution in [1.29, 1.82) is 0 Å². The van der Waals surface area contributed by atoms with Gasteiger partial charge in [-0.3, -0.25) is 0 Å². The van der Waals surface area contributed by atoms with Crippen molar-refractivity contribution in [3.63, 3.8) is 0 Å². The molecule has 0 spiro atoms. The molecule has 1 N–H and O–H groups in total. The molecule has 4 nitrogen and oxygen atoms in total. The van der Waals surface area contributed by atoms with Crippen LogP contribution in [0.5, 0.6) is 5.88 Å². The number of hydrogen-bond acceptors (Lipinski definition) is 4. The fourth-order valence-electron chi connectivity index (χ4n) is 2.26. The first kappa shape index (κ1) is 15.3. The Kier molecular flexibility index (Phi) is 6.27. The van der Waals surface area contributed by atoms with Crippen LogP contribution in [0.4, 0.5) is 0 Å². The van der Waals surface area contributed by atoms with Crippen LogP contribution in [0.15, 0.2) is 18.3 Å². The Morgan fingerprint density at radius 3 is 3.10 bits per heavy atom. The maximum Gasteiger partial charge on any atom is 0.213 e. The number of nitrogens with zero attached hydrogens (tertiary/aromatic N) is 1. The first-order chi connectivity index (χ1) is 9.74. The molecule has 1 aliphatic heterocycles. The molecule has 1 fully saturated rings. The van der Waals surface area contributed by atoms with E-state index in [1.807, 2.05) is 18.3 Å². The van der Waals surface area contributed by atoms with Gasteiger partial charge in [-0.05, 0) is 43.4 Å². The van der Waals surface area contributed by atoms with E-state index in [2.05, 4.69) is 24.1 Å². The molecule has 0 aromatic carbocycles. The predicted octanol–water partition coefficient (Wildman–Crippen LogP) is 2.78. The van der Waals surface area contributed by atoms with Gasteiger partial charge in [0, 0.05) is 25.4 Å². The van der Waals surface area contributed by atoms with Crippen molar-refractivity contribution < 1.29 is 9.47 Å². The molecule has 1 saturated heterocycles. The molecule has 2 rings (SSSR count). The summed E-state index contributed by atoms with van der Waals surface area (Å²) in [5.41, 5.74) is 1.21. The Balaban J connectivity index is 1.76. The van der Waals surface area contributed by atoms with Crippen molar-refractivity contribution >= 4 is 0 Å². The van der Waals surface area contributed by atoms with E-state index < -0.39 is 0 Å². The third-order valence-electron chi connectivity index (χ3n) is 3.37.